The lowest BCUT2D eigenvalue weighted by atomic mass is 10.1. The van der Waals surface area contributed by atoms with Gasteiger partial charge in [-0.05, 0) is 66.6 Å². The Morgan fingerprint density at radius 1 is 1.09 bits per heavy atom. The number of carbonyl (C=O) groups excluding carboxylic acids is 1. The summed E-state index contributed by atoms with van der Waals surface area (Å²) in [5, 5.41) is 20.5. The van der Waals surface area contributed by atoms with E-state index in [4.69, 9.17) is 9.47 Å². The Balaban J connectivity index is 1.34. The number of methoxy groups -OCH3 is 1. The summed E-state index contributed by atoms with van der Waals surface area (Å²) >= 11 is 0. The molecule has 1 amide bonds. The Kier molecular flexibility index (Phi) is 6.88. The second-order valence-electron chi connectivity index (χ2n) is 7.60. The number of aromatic hydroxyl groups is 1. The molecule has 8 nitrogen and oxygen atoms in total. The van der Waals surface area contributed by atoms with Crippen molar-refractivity contribution in [2.45, 2.75) is 13.5 Å². The Labute approximate surface area is 196 Å². The van der Waals surface area contributed by atoms with Gasteiger partial charge in [-0.1, -0.05) is 29.8 Å². The fourth-order valence-corrected chi connectivity index (χ4v) is 3.16. The molecule has 0 saturated carbocycles. The van der Waals surface area contributed by atoms with E-state index in [0.717, 1.165) is 16.9 Å². The number of aromatic nitrogens is 2. The molecule has 3 aromatic carbocycles. The summed E-state index contributed by atoms with van der Waals surface area (Å²) in [6, 6.07) is 22.1. The Hall–Kier alpha value is -4.59. The number of hydrogen-bond donors (Lipinski definition) is 3. The van der Waals surface area contributed by atoms with Gasteiger partial charge in [0.1, 0.15) is 18.1 Å². The van der Waals surface area contributed by atoms with Crippen LogP contribution in [0.25, 0.3) is 11.3 Å². The van der Waals surface area contributed by atoms with Crippen molar-refractivity contribution in [2.75, 3.05) is 7.11 Å². The number of H-pyrrole nitrogens is 1. The standard InChI is InChI=1S/C26H24N4O4/c1-17-3-5-18(6-4-17)16-34-21-10-8-20(9-11-21)22-14-23(29-28-22)26(32)30-27-15-19-7-12-24(31)25(13-19)33-2/h3-15,31H,16H2,1-2H3,(H,28,29)(H,30,32)/b27-15-. The SMILES string of the molecule is COc1cc(/C=N\NC(=O)c2cc(-c3ccc(OCc4ccc(C)cc4)cc3)n[nH]2)ccc1O. The lowest BCUT2D eigenvalue weighted by Crippen LogP contribution is -2.18. The monoisotopic (exact) mass is 456 g/mol. The molecule has 0 radical (unpaired) electrons. The number of aromatic amines is 1. The second kappa shape index (κ2) is 10.4. The summed E-state index contributed by atoms with van der Waals surface area (Å²) in [7, 11) is 1.46. The van der Waals surface area contributed by atoms with Crippen LogP contribution in [0, 0.1) is 6.92 Å². The first-order chi connectivity index (χ1) is 16.5. The zero-order chi connectivity index (χ0) is 23.9. The minimum atomic E-state index is -0.432. The molecule has 1 aromatic heterocycles. The molecule has 1 heterocycles. The summed E-state index contributed by atoms with van der Waals surface area (Å²) in [6.45, 7) is 2.54. The van der Waals surface area contributed by atoms with Gasteiger partial charge in [0.15, 0.2) is 11.5 Å². The average molecular weight is 457 g/mol. The summed E-state index contributed by atoms with van der Waals surface area (Å²) in [6.07, 6.45) is 1.45. The molecule has 0 aliphatic heterocycles. The summed E-state index contributed by atoms with van der Waals surface area (Å²) in [5.74, 6) is 0.663. The number of aryl methyl sites for hydroxylation is 1. The highest BCUT2D eigenvalue weighted by atomic mass is 16.5. The average Bonchev–Trinajstić information content (AvgIpc) is 3.35. The molecular weight excluding hydrogens is 432 g/mol. The van der Waals surface area contributed by atoms with Crippen LogP contribution in [0.4, 0.5) is 0 Å². The number of hydrogen-bond acceptors (Lipinski definition) is 6. The highest BCUT2D eigenvalue weighted by Gasteiger charge is 2.11. The van der Waals surface area contributed by atoms with Crippen LogP contribution in [0.5, 0.6) is 17.2 Å². The maximum atomic E-state index is 12.4. The van der Waals surface area contributed by atoms with Gasteiger partial charge in [0.25, 0.3) is 5.91 Å². The number of ether oxygens (including phenoxy) is 2. The van der Waals surface area contributed by atoms with Crippen LogP contribution < -0.4 is 14.9 Å². The number of carbonyl (C=O) groups is 1. The predicted molar refractivity (Wildman–Crippen MR) is 129 cm³/mol. The molecule has 0 spiro atoms. The van der Waals surface area contributed by atoms with Gasteiger partial charge in [-0.2, -0.15) is 10.2 Å². The molecule has 3 N–H and O–H groups in total. The van der Waals surface area contributed by atoms with Gasteiger partial charge in [-0.25, -0.2) is 5.43 Å². The van der Waals surface area contributed by atoms with Crippen LogP contribution in [-0.4, -0.2) is 34.5 Å². The van der Waals surface area contributed by atoms with Gasteiger partial charge in [0, 0.05) is 5.56 Å². The van der Waals surface area contributed by atoms with E-state index < -0.39 is 5.91 Å². The van der Waals surface area contributed by atoms with E-state index >= 15 is 0 Å². The fraction of sp³-hybridized carbons (Fsp3) is 0.115. The van der Waals surface area contributed by atoms with Gasteiger partial charge < -0.3 is 14.6 Å². The Bertz CT molecular complexity index is 1300. The molecule has 0 bridgehead atoms. The van der Waals surface area contributed by atoms with Gasteiger partial charge in [0.05, 0.1) is 19.0 Å². The van der Waals surface area contributed by atoms with E-state index in [1.54, 1.807) is 18.2 Å². The molecule has 172 valence electrons. The molecule has 4 aromatic rings. The van der Waals surface area contributed by atoms with Crippen LogP contribution in [0.1, 0.15) is 27.2 Å². The number of nitrogens with zero attached hydrogens (tertiary/aromatic N) is 2. The van der Waals surface area contributed by atoms with Crippen LogP contribution in [0.15, 0.2) is 77.9 Å². The first-order valence-electron chi connectivity index (χ1n) is 10.6. The van der Waals surface area contributed by atoms with Gasteiger partial charge >= 0.3 is 0 Å². The Morgan fingerprint density at radius 3 is 2.59 bits per heavy atom. The molecule has 0 fully saturated rings. The van der Waals surface area contributed by atoms with E-state index in [1.807, 2.05) is 36.4 Å². The van der Waals surface area contributed by atoms with Gasteiger partial charge in [-0.15, -0.1) is 0 Å². The van der Waals surface area contributed by atoms with Crippen LogP contribution >= 0.6 is 0 Å². The number of nitrogens with one attached hydrogen (secondary N) is 2. The minimum Gasteiger partial charge on any atom is -0.504 e. The quantitative estimate of drug-likeness (QED) is 0.268. The third kappa shape index (κ3) is 5.60. The van der Waals surface area contributed by atoms with Crippen molar-refractivity contribution < 1.29 is 19.4 Å². The molecule has 0 unspecified atom stereocenters. The lowest BCUT2D eigenvalue weighted by Gasteiger charge is -2.07. The maximum absolute atomic E-state index is 12.4. The second-order valence-corrected chi connectivity index (χ2v) is 7.60. The highest BCUT2D eigenvalue weighted by Crippen LogP contribution is 2.25. The van der Waals surface area contributed by atoms with E-state index in [-0.39, 0.29) is 11.4 Å². The summed E-state index contributed by atoms with van der Waals surface area (Å²) in [4.78, 5) is 12.4. The lowest BCUT2D eigenvalue weighted by molar-refractivity contribution is 0.0950. The molecular formula is C26H24N4O4. The number of benzene rings is 3. The van der Waals surface area contributed by atoms with E-state index in [2.05, 4.69) is 39.8 Å². The van der Waals surface area contributed by atoms with Crippen molar-refractivity contribution in [3.05, 3.63) is 95.2 Å². The minimum absolute atomic E-state index is 0.0273. The van der Waals surface area contributed by atoms with Crippen molar-refractivity contribution in [2.24, 2.45) is 5.10 Å². The van der Waals surface area contributed by atoms with Crippen molar-refractivity contribution in [3.8, 4) is 28.5 Å². The molecule has 4 rings (SSSR count). The van der Waals surface area contributed by atoms with Crippen molar-refractivity contribution in [1.29, 1.82) is 0 Å². The van der Waals surface area contributed by atoms with Crippen LogP contribution in [-0.2, 0) is 6.61 Å². The first kappa shape index (κ1) is 22.6. The van der Waals surface area contributed by atoms with Crippen molar-refractivity contribution in [1.82, 2.24) is 15.6 Å². The fourth-order valence-electron chi connectivity index (χ4n) is 3.16. The number of phenolic OH excluding ortho intramolecular Hbond substituents is 1. The van der Waals surface area contributed by atoms with E-state index in [9.17, 15) is 9.90 Å². The molecule has 0 saturated heterocycles. The van der Waals surface area contributed by atoms with Crippen molar-refractivity contribution >= 4 is 12.1 Å². The van der Waals surface area contributed by atoms with E-state index in [0.29, 0.717) is 23.6 Å². The smallest absolute Gasteiger partial charge is 0.289 e. The Morgan fingerprint density at radius 2 is 1.85 bits per heavy atom. The number of rotatable bonds is 8. The number of amides is 1. The summed E-state index contributed by atoms with van der Waals surface area (Å²) in [5.41, 5.74) is 7.16. The van der Waals surface area contributed by atoms with Crippen LogP contribution in [0.2, 0.25) is 0 Å². The molecule has 0 aliphatic rings. The maximum Gasteiger partial charge on any atom is 0.289 e. The topological polar surface area (TPSA) is 109 Å². The van der Waals surface area contributed by atoms with Crippen LogP contribution in [0.3, 0.4) is 0 Å². The van der Waals surface area contributed by atoms with Gasteiger partial charge in [-0.3, -0.25) is 9.89 Å². The van der Waals surface area contributed by atoms with Crippen molar-refractivity contribution in [3.63, 3.8) is 0 Å². The molecule has 8 heteroatoms. The zero-order valence-corrected chi connectivity index (χ0v) is 18.8. The summed E-state index contributed by atoms with van der Waals surface area (Å²) < 4.78 is 10.9. The third-order valence-electron chi connectivity index (χ3n) is 5.08. The predicted octanol–water partition coefficient (Wildman–Crippen LogP) is 4.44. The molecule has 0 aliphatic carbocycles. The highest BCUT2D eigenvalue weighted by molar-refractivity contribution is 5.94. The largest absolute Gasteiger partial charge is 0.504 e. The first-order valence-corrected chi connectivity index (χ1v) is 10.6. The zero-order valence-electron chi connectivity index (χ0n) is 18.8. The van der Waals surface area contributed by atoms with Gasteiger partial charge in [0.2, 0.25) is 0 Å². The molecule has 0 atom stereocenters. The molecule has 34 heavy (non-hydrogen) atoms. The number of hydrazone groups is 1. The third-order valence-corrected chi connectivity index (χ3v) is 5.08. The normalized spacial score (nSPS) is 10.9. The van der Waals surface area contributed by atoms with E-state index in [1.165, 1.54) is 25.0 Å². The number of phenols is 1.